The van der Waals surface area contributed by atoms with Gasteiger partial charge in [-0.1, -0.05) is 35.9 Å². The third-order valence-corrected chi connectivity index (χ3v) is 5.19. The third-order valence-electron chi connectivity index (χ3n) is 4.86. The van der Waals surface area contributed by atoms with Crippen LogP contribution >= 0.6 is 11.6 Å². The number of hydrogen-bond donors (Lipinski definition) is 2. The predicted molar refractivity (Wildman–Crippen MR) is 113 cm³/mol. The number of likely N-dealkylation sites (tertiary alicyclic amines) is 1. The fraction of sp³-hybridized carbons (Fsp3) is 0.364. The molecule has 2 N–H and O–H groups in total. The van der Waals surface area contributed by atoms with E-state index in [1.807, 2.05) is 29.2 Å². The summed E-state index contributed by atoms with van der Waals surface area (Å²) < 4.78 is 0. The van der Waals surface area contributed by atoms with Gasteiger partial charge in [0.1, 0.15) is 0 Å². The van der Waals surface area contributed by atoms with Crippen LogP contribution in [-0.4, -0.2) is 36.3 Å². The Morgan fingerprint density at radius 1 is 1.00 bits per heavy atom. The first-order chi connectivity index (χ1) is 13.6. The average molecular weight is 400 g/mol. The first kappa shape index (κ1) is 20.4. The number of rotatable bonds is 7. The number of benzene rings is 2. The first-order valence-electron chi connectivity index (χ1n) is 9.77. The molecule has 1 heterocycles. The molecule has 28 heavy (non-hydrogen) atoms. The SMILES string of the molecule is O=C(Nc1cccc(CNCCC(=O)N2CCCCC2)c1)c1ccccc1Cl. The van der Waals surface area contributed by atoms with Crippen LogP contribution in [0.5, 0.6) is 0 Å². The number of piperidine rings is 1. The molecular formula is C22H26ClN3O2. The molecule has 2 aromatic rings. The summed E-state index contributed by atoms with van der Waals surface area (Å²) in [5.74, 6) is -0.00390. The molecule has 3 rings (SSSR count). The van der Waals surface area contributed by atoms with Gasteiger partial charge in [-0.15, -0.1) is 0 Å². The Morgan fingerprint density at radius 3 is 2.57 bits per heavy atom. The van der Waals surface area contributed by atoms with Crippen LogP contribution in [0.1, 0.15) is 41.6 Å². The van der Waals surface area contributed by atoms with Crippen LogP contribution in [-0.2, 0) is 11.3 Å². The molecular weight excluding hydrogens is 374 g/mol. The van der Waals surface area contributed by atoms with Crippen molar-refractivity contribution in [3.63, 3.8) is 0 Å². The maximum Gasteiger partial charge on any atom is 0.257 e. The Kier molecular flexibility index (Phi) is 7.46. The molecule has 1 aliphatic heterocycles. The molecule has 0 spiro atoms. The van der Waals surface area contributed by atoms with Gasteiger partial charge in [-0.2, -0.15) is 0 Å². The second-order valence-corrected chi connectivity index (χ2v) is 7.41. The molecule has 1 aliphatic rings. The van der Waals surface area contributed by atoms with E-state index in [1.165, 1.54) is 6.42 Å². The lowest BCUT2D eigenvalue weighted by molar-refractivity contribution is -0.131. The van der Waals surface area contributed by atoms with Crippen molar-refractivity contribution in [2.24, 2.45) is 0 Å². The van der Waals surface area contributed by atoms with Crippen LogP contribution in [0.3, 0.4) is 0 Å². The number of amides is 2. The van der Waals surface area contributed by atoms with Crippen molar-refractivity contribution in [3.05, 3.63) is 64.7 Å². The first-order valence-corrected chi connectivity index (χ1v) is 10.1. The lowest BCUT2D eigenvalue weighted by atomic mass is 10.1. The van der Waals surface area contributed by atoms with Gasteiger partial charge in [0.2, 0.25) is 5.91 Å². The van der Waals surface area contributed by atoms with Gasteiger partial charge in [0, 0.05) is 38.3 Å². The number of nitrogens with zero attached hydrogens (tertiary/aromatic N) is 1. The van der Waals surface area contributed by atoms with Crippen molar-refractivity contribution < 1.29 is 9.59 Å². The van der Waals surface area contributed by atoms with E-state index in [2.05, 4.69) is 10.6 Å². The Balaban J connectivity index is 1.46. The number of anilines is 1. The second kappa shape index (κ2) is 10.2. The Labute approximate surface area is 171 Å². The molecule has 2 amide bonds. The Hall–Kier alpha value is -2.37. The predicted octanol–water partition coefficient (Wildman–Crippen LogP) is 4.08. The number of halogens is 1. The molecule has 148 valence electrons. The van der Waals surface area contributed by atoms with Crippen LogP contribution in [0.15, 0.2) is 48.5 Å². The van der Waals surface area contributed by atoms with Gasteiger partial charge < -0.3 is 15.5 Å². The number of nitrogens with one attached hydrogen (secondary N) is 2. The molecule has 0 aromatic heterocycles. The van der Waals surface area contributed by atoms with Gasteiger partial charge in [0.05, 0.1) is 10.6 Å². The number of hydrogen-bond acceptors (Lipinski definition) is 3. The Morgan fingerprint density at radius 2 is 1.79 bits per heavy atom. The maximum atomic E-state index is 12.4. The van der Waals surface area contributed by atoms with Crippen molar-refractivity contribution >= 4 is 29.1 Å². The van der Waals surface area contributed by atoms with E-state index in [1.54, 1.807) is 24.3 Å². The normalized spacial score (nSPS) is 14.0. The van der Waals surface area contributed by atoms with E-state index < -0.39 is 0 Å². The lowest BCUT2D eigenvalue weighted by Crippen LogP contribution is -2.37. The van der Waals surface area contributed by atoms with Gasteiger partial charge in [-0.3, -0.25) is 9.59 Å². The van der Waals surface area contributed by atoms with Crippen LogP contribution in [0.2, 0.25) is 5.02 Å². The molecule has 0 saturated carbocycles. The molecule has 0 radical (unpaired) electrons. The van der Waals surface area contributed by atoms with Crippen molar-refractivity contribution in [1.82, 2.24) is 10.2 Å². The second-order valence-electron chi connectivity index (χ2n) is 7.00. The highest BCUT2D eigenvalue weighted by Crippen LogP contribution is 2.18. The molecule has 1 fully saturated rings. The quantitative estimate of drug-likeness (QED) is 0.689. The summed E-state index contributed by atoms with van der Waals surface area (Å²) >= 11 is 6.08. The van der Waals surface area contributed by atoms with Crippen LogP contribution in [0, 0.1) is 0 Å². The molecule has 1 saturated heterocycles. The van der Waals surface area contributed by atoms with Crippen LogP contribution < -0.4 is 10.6 Å². The molecule has 0 unspecified atom stereocenters. The summed E-state index contributed by atoms with van der Waals surface area (Å²) in [6.07, 6.45) is 3.98. The minimum absolute atomic E-state index is 0.230. The highest BCUT2D eigenvalue weighted by molar-refractivity contribution is 6.34. The summed E-state index contributed by atoms with van der Waals surface area (Å²) in [5, 5.41) is 6.62. The molecule has 0 atom stereocenters. The van der Waals surface area contributed by atoms with E-state index >= 15 is 0 Å². The molecule has 0 aliphatic carbocycles. The van der Waals surface area contributed by atoms with E-state index in [4.69, 9.17) is 11.6 Å². The minimum Gasteiger partial charge on any atom is -0.343 e. The maximum absolute atomic E-state index is 12.4. The topological polar surface area (TPSA) is 61.4 Å². The largest absolute Gasteiger partial charge is 0.343 e. The summed E-state index contributed by atoms with van der Waals surface area (Å²) in [7, 11) is 0. The van der Waals surface area contributed by atoms with Crippen molar-refractivity contribution in [2.75, 3.05) is 25.0 Å². The highest BCUT2D eigenvalue weighted by atomic mass is 35.5. The van der Waals surface area contributed by atoms with Crippen LogP contribution in [0.25, 0.3) is 0 Å². The molecule has 6 heteroatoms. The van der Waals surface area contributed by atoms with Gasteiger partial charge in [0.25, 0.3) is 5.91 Å². The molecule has 5 nitrogen and oxygen atoms in total. The highest BCUT2D eigenvalue weighted by Gasteiger charge is 2.15. The van der Waals surface area contributed by atoms with Crippen LogP contribution in [0.4, 0.5) is 5.69 Å². The van der Waals surface area contributed by atoms with E-state index in [0.29, 0.717) is 35.8 Å². The smallest absolute Gasteiger partial charge is 0.257 e. The standard InChI is InChI=1S/C22H26ClN3O2/c23-20-10-3-2-9-19(20)22(28)25-18-8-6-7-17(15-18)16-24-12-11-21(27)26-13-4-1-5-14-26/h2-3,6-10,15,24H,1,4-5,11-14,16H2,(H,25,28). The zero-order valence-corrected chi connectivity index (χ0v) is 16.7. The van der Waals surface area contributed by atoms with Crippen molar-refractivity contribution in [3.8, 4) is 0 Å². The summed E-state index contributed by atoms with van der Waals surface area (Å²) in [5.41, 5.74) is 2.21. The van der Waals surface area contributed by atoms with Gasteiger partial charge in [0.15, 0.2) is 0 Å². The Bertz CT molecular complexity index is 819. The van der Waals surface area contributed by atoms with Gasteiger partial charge in [-0.05, 0) is 49.1 Å². The zero-order valence-electron chi connectivity index (χ0n) is 15.9. The van der Waals surface area contributed by atoms with Crippen molar-refractivity contribution in [2.45, 2.75) is 32.2 Å². The van der Waals surface area contributed by atoms with Crippen molar-refractivity contribution in [1.29, 1.82) is 0 Å². The minimum atomic E-state index is -0.233. The summed E-state index contributed by atoms with van der Waals surface area (Å²) in [4.78, 5) is 26.5. The number of carbonyl (C=O) groups is 2. The lowest BCUT2D eigenvalue weighted by Gasteiger charge is -2.26. The fourth-order valence-corrected chi connectivity index (χ4v) is 3.55. The van der Waals surface area contributed by atoms with E-state index in [0.717, 1.165) is 31.5 Å². The van der Waals surface area contributed by atoms with Gasteiger partial charge in [-0.25, -0.2) is 0 Å². The van der Waals surface area contributed by atoms with Gasteiger partial charge >= 0.3 is 0 Å². The number of carbonyl (C=O) groups excluding carboxylic acids is 2. The third kappa shape index (κ3) is 5.81. The molecule has 0 bridgehead atoms. The average Bonchev–Trinajstić information content (AvgIpc) is 2.72. The van der Waals surface area contributed by atoms with E-state index in [-0.39, 0.29) is 11.8 Å². The fourth-order valence-electron chi connectivity index (χ4n) is 3.33. The monoisotopic (exact) mass is 399 g/mol. The molecule has 2 aromatic carbocycles. The van der Waals surface area contributed by atoms with E-state index in [9.17, 15) is 9.59 Å². The summed E-state index contributed by atoms with van der Waals surface area (Å²) in [6.45, 7) is 3.08. The zero-order chi connectivity index (χ0) is 19.8. The summed E-state index contributed by atoms with van der Waals surface area (Å²) in [6, 6.07) is 14.6.